The number of nitrogens with zero attached hydrogens (tertiary/aromatic N) is 2. The average Bonchev–Trinajstić information content (AvgIpc) is 3.31. The highest BCUT2D eigenvalue weighted by Gasteiger charge is 2.27. The molecule has 2 aromatic carbocycles. The van der Waals surface area contributed by atoms with Gasteiger partial charge in [-0.3, -0.25) is 4.79 Å². The van der Waals surface area contributed by atoms with Crippen LogP contribution in [0, 0.1) is 0 Å². The van der Waals surface area contributed by atoms with E-state index in [-0.39, 0.29) is 25.6 Å². The summed E-state index contributed by atoms with van der Waals surface area (Å²) in [6, 6.07) is 16.7. The highest BCUT2D eigenvalue weighted by atomic mass is 16.6. The fourth-order valence-electron chi connectivity index (χ4n) is 3.54. The van der Waals surface area contributed by atoms with Gasteiger partial charge in [0.15, 0.2) is 11.9 Å². The molecule has 0 aliphatic carbocycles. The minimum Gasteiger partial charge on any atom is -0.464 e. The van der Waals surface area contributed by atoms with E-state index < -0.39 is 35.7 Å². The number of nitrogens with one attached hydrogen (secondary N) is 2. The zero-order valence-electron chi connectivity index (χ0n) is 22.0. The molecule has 3 aromatic rings. The number of carbonyl (C=O) groups excluding carboxylic acids is 3. The van der Waals surface area contributed by atoms with E-state index in [0.29, 0.717) is 5.56 Å². The monoisotopic (exact) mass is 522 g/mol. The number of hydrogen-bond acceptors (Lipinski definition) is 7. The number of alkyl carbamates (subject to hydrolysis) is 1. The van der Waals surface area contributed by atoms with Crippen molar-refractivity contribution in [1.29, 1.82) is 0 Å². The molecule has 0 aliphatic heterocycles. The Balaban J connectivity index is 1.73. The lowest BCUT2D eigenvalue weighted by Crippen LogP contribution is -2.48. The Labute approximate surface area is 222 Å². The van der Waals surface area contributed by atoms with Crippen LogP contribution in [-0.4, -0.2) is 52.4 Å². The van der Waals surface area contributed by atoms with Crippen LogP contribution in [0.5, 0.6) is 0 Å². The van der Waals surface area contributed by atoms with Crippen LogP contribution in [0.2, 0.25) is 0 Å². The van der Waals surface area contributed by atoms with E-state index >= 15 is 0 Å². The molecule has 1 unspecified atom stereocenters. The predicted octanol–water partition coefficient (Wildman–Crippen LogP) is 4.08. The van der Waals surface area contributed by atoms with Crippen LogP contribution in [0.1, 0.15) is 44.9 Å². The number of ether oxygens (including phenoxy) is 3. The smallest absolute Gasteiger partial charge is 0.408 e. The zero-order valence-corrected chi connectivity index (χ0v) is 22.0. The van der Waals surface area contributed by atoms with E-state index in [9.17, 15) is 14.4 Å². The molecule has 0 radical (unpaired) electrons. The fourth-order valence-corrected chi connectivity index (χ4v) is 3.54. The molecule has 0 bridgehead atoms. The topological polar surface area (TPSA) is 121 Å². The number of aromatic nitrogens is 2. The molecule has 0 saturated heterocycles. The lowest BCUT2D eigenvalue weighted by atomic mass is 10.1. The summed E-state index contributed by atoms with van der Waals surface area (Å²) in [7, 11) is 0. The van der Waals surface area contributed by atoms with Gasteiger partial charge in [-0.1, -0.05) is 60.7 Å². The maximum atomic E-state index is 13.1. The second-order valence-electron chi connectivity index (χ2n) is 9.46. The first-order chi connectivity index (χ1) is 18.2. The number of amides is 2. The van der Waals surface area contributed by atoms with Crippen LogP contribution in [-0.2, 0) is 30.4 Å². The van der Waals surface area contributed by atoms with Crippen LogP contribution in [0.3, 0.4) is 0 Å². The van der Waals surface area contributed by atoms with Crippen LogP contribution in [0.25, 0.3) is 0 Å². The van der Waals surface area contributed by atoms with Gasteiger partial charge in [-0.15, -0.1) is 0 Å². The third kappa shape index (κ3) is 8.74. The number of hydrogen-bond donors (Lipinski definition) is 2. The van der Waals surface area contributed by atoms with Gasteiger partial charge < -0.3 is 29.4 Å². The summed E-state index contributed by atoms with van der Waals surface area (Å²) < 4.78 is 17.8. The first-order valence-corrected chi connectivity index (χ1v) is 12.3. The summed E-state index contributed by atoms with van der Waals surface area (Å²) in [6.07, 6.45) is 2.21. The maximum Gasteiger partial charge on any atom is 0.408 e. The summed E-state index contributed by atoms with van der Waals surface area (Å²) in [4.78, 5) is 42.5. The van der Waals surface area contributed by atoms with Crippen molar-refractivity contribution in [2.75, 3.05) is 18.5 Å². The molecule has 0 spiro atoms. The molecule has 1 aromatic heterocycles. The zero-order chi connectivity index (χ0) is 27.5. The molecule has 10 nitrogen and oxygen atoms in total. The van der Waals surface area contributed by atoms with E-state index in [0.717, 1.165) is 5.56 Å². The van der Waals surface area contributed by atoms with Gasteiger partial charge in [-0.05, 0) is 38.8 Å². The summed E-state index contributed by atoms with van der Waals surface area (Å²) >= 11 is 0. The molecule has 2 atom stereocenters. The SMILES string of the molecule is CCOC(=O)C(c1ccccc1)n1cnc(NC(=O)[C@H](COCc2ccccc2)NC(=O)OC(C)(C)C)c1. The quantitative estimate of drug-likeness (QED) is 0.364. The van der Waals surface area contributed by atoms with Crippen LogP contribution < -0.4 is 10.6 Å². The average molecular weight is 523 g/mol. The van der Waals surface area contributed by atoms with Gasteiger partial charge in [0.05, 0.1) is 26.1 Å². The molecular formula is C28H34N4O6. The molecule has 1 heterocycles. The minimum absolute atomic E-state index is 0.101. The van der Waals surface area contributed by atoms with Crippen molar-refractivity contribution in [2.24, 2.45) is 0 Å². The van der Waals surface area contributed by atoms with Crippen molar-refractivity contribution in [1.82, 2.24) is 14.9 Å². The van der Waals surface area contributed by atoms with Crippen LogP contribution in [0.15, 0.2) is 73.2 Å². The second-order valence-corrected chi connectivity index (χ2v) is 9.46. The fraction of sp³-hybridized carbons (Fsp3) is 0.357. The van der Waals surface area contributed by atoms with E-state index in [1.54, 1.807) is 32.3 Å². The predicted molar refractivity (Wildman–Crippen MR) is 141 cm³/mol. The molecule has 2 amide bonds. The Morgan fingerprint density at radius 2 is 1.66 bits per heavy atom. The third-order valence-electron chi connectivity index (χ3n) is 5.18. The molecule has 0 fully saturated rings. The van der Waals surface area contributed by atoms with Crippen molar-refractivity contribution in [2.45, 2.75) is 52.0 Å². The molecule has 0 aliphatic rings. The Morgan fingerprint density at radius 1 is 1.00 bits per heavy atom. The first kappa shape index (κ1) is 28.4. The van der Waals surface area contributed by atoms with Gasteiger partial charge in [-0.25, -0.2) is 14.6 Å². The van der Waals surface area contributed by atoms with Crippen LogP contribution in [0.4, 0.5) is 10.6 Å². The number of esters is 1. The van der Waals surface area contributed by atoms with Crippen molar-refractivity contribution >= 4 is 23.8 Å². The third-order valence-corrected chi connectivity index (χ3v) is 5.18. The van der Waals surface area contributed by atoms with E-state index in [2.05, 4.69) is 15.6 Å². The molecule has 3 rings (SSSR count). The molecular weight excluding hydrogens is 488 g/mol. The summed E-state index contributed by atoms with van der Waals surface area (Å²) in [5, 5.41) is 5.25. The summed E-state index contributed by atoms with van der Waals surface area (Å²) in [6.45, 7) is 7.30. The number of benzene rings is 2. The lowest BCUT2D eigenvalue weighted by Gasteiger charge is -2.23. The number of imidazole rings is 1. The van der Waals surface area contributed by atoms with Gasteiger partial charge in [-0.2, -0.15) is 0 Å². The standard InChI is InChI=1S/C28H34N4O6/c1-5-37-26(34)24(21-14-10-7-11-15-21)32-16-23(29-19-32)31-25(33)22(30-27(35)38-28(2,3)4)18-36-17-20-12-8-6-9-13-20/h6-16,19,22,24H,5,17-18H2,1-4H3,(H,30,35)(H,31,33)/t22-,24?/m0/s1. The van der Waals surface area contributed by atoms with E-state index in [1.807, 2.05) is 60.7 Å². The van der Waals surface area contributed by atoms with Gasteiger partial charge in [0.1, 0.15) is 11.6 Å². The molecule has 2 N–H and O–H groups in total. The Kier molecular flexibility index (Phi) is 10.0. The molecule has 0 saturated carbocycles. The number of carbonyl (C=O) groups is 3. The van der Waals surface area contributed by atoms with Gasteiger partial charge in [0.2, 0.25) is 0 Å². The second kappa shape index (κ2) is 13.4. The number of rotatable bonds is 11. The number of anilines is 1. The normalized spacial score (nSPS) is 12.7. The highest BCUT2D eigenvalue weighted by molar-refractivity contribution is 5.96. The van der Waals surface area contributed by atoms with E-state index in [4.69, 9.17) is 14.2 Å². The van der Waals surface area contributed by atoms with Crippen LogP contribution >= 0.6 is 0 Å². The molecule has 10 heteroatoms. The maximum absolute atomic E-state index is 13.1. The summed E-state index contributed by atoms with van der Waals surface area (Å²) in [5.41, 5.74) is 0.891. The Hall–Kier alpha value is -4.18. The van der Waals surface area contributed by atoms with Gasteiger partial charge in [0.25, 0.3) is 5.91 Å². The molecule has 38 heavy (non-hydrogen) atoms. The Bertz CT molecular complexity index is 1190. The van der Waals surface area contributed by atoms with E-state index in [1.165, 1.54) is 12.5 Å². The Morgan fingerprint density at radius 3 is 2.29 bits per heavy atom. The molecule has 202 valence electrons. The van der Waals surface area contributed by atoms with Gasteiger partial charge >= 0.3 is 12.1 Å². The largest absolute Gasteiger partial charge is 0.464 e. The van der Waals surface area contributed by atoms with Gasteiger partial charge in [0, 0.05) is 6.20 Å². The summed E-state index contributed by atoms with van der Waals surface area (Å²) in [5.74, 6) is -0.811. The van der Waals surface area contributed by atoms with Crippen molar-refractivity contribution in [3.05, 3.63) is 84.3 Å². The highest BCUT2D eigenvalue weighted by Crippen LogP contribution is 2.21. The van der Waals surface area contributed by atoms with Crippen molar-refractivity contribution in [3.8, 4) is 0 Å². The first-order valence-electron chi connectivity index (χ1n) is 12.3. The minimum atomic E-state index is -1.06. The lowest BCUT2D eigenvalue weighted by molar-refractivity contribution is -0.145. The van der Waals surface area contributed by atoms with Crippen molar-refractivity contribution in [3.63, 3.8) is 0 Å². The van der Waals surface area contributed by atoms with Crippen molar-refractivity contribution < 1.29 is 28.6 Å².